The van der Waals surface area contributed by atoms with Gasteiger partial charge in [0.05, 0.1) is 12.6 Å². The minimum atomic E-state index is -0.812. The molecule has 0 bridgehead atoms. The maximum Gasteiger partial charge on any atom is 0.408 e. The van der Waals surface area contributed by atoms with E-state index in [4.69, 9.17) is 27.9 Å². The fourth-order valence-corrected chi connectivity index (χ4v) is 5.50. The average Bonchev–Trinajstić information content (AvgIpc) is 2.97. The summed E-state index contributed by atoms with van der Waals surface area (Å²) >= 11 is 12.2. The number of benzene rings is 2. The van der Waals surface area contributed by atoms with Crippen molar-refractivity contribution in [1.29, 1.82) is 0 Å². The Morgan fingerprint density at radius 3 is 2.51 bits per heavy atom. The van der Waals surface area contributed by atoms with Gasteiger partial charge in [0.2, 0.25) is 11.8 Å². The van der Waals surface area contributed by atoms with Crippen LogP contribution in [-0.2, 0) is 27.4 Å². The first kappa shape index (κ1) is 32.7. The predicted molar refractivity (Wildman–Crippen MR) is 161 cm³/mol. The third-order valence-corrected chi connectivity index (χ3v) is 8.14. The number of carbonyl (C=O) groups excluding carboxylic acids is 3. The lowest BCUT2D eigenvalue weighted by molar-refractivity contribution is -0.130. The standard InChI is InChI=1S/C31H41Cl2N3O5/c1-36(17-16-24-11-5-6-13-27(24)33)29(38)15-14-26(20-37)34-30(39)28(19-22-8-3-2-4-9-22)35-31(40)41-21-23-10-7-12-25(32)18-23/h5-7,10-13,18,22,26,28,37H,2-4,8-9,14-17,19-21H2,1H3,(H,34,39)(H,35,40)/t26-,28-/m0/s1. The second-order valence-electron chi connectivity index (χ2n) is 10.7. The van der Waals surface area contributed by atoms with E-state index in [0.29, 0.717) is 35.3 Å². The number of aliphatic hydroxyl groups is 1. The monoisotopic (exact) mass is 605 g/mol. The lowest BCUT2D eigenvalue weighted by Gasteiger charge is -2.28. The van der Waals surface area contributed by atoms with Gasteiger partial charge in [0.1, 0.15) is 12.6 Å². The van der Waals surface area contributed by atoms with Gasteiger partial charge >= 0.3 is 6.09 Å². The van der Waals surface area contributed by atoms with Crippen molar-refractivity contribution in [1.82, 2.24) is 15.5 Å². The molecule has 2 atom stereocenters. The Kier molecular flexibility index (Phi) is 13.7. The number of amides is 3. The van der Waals surface area contributed by atoms with E-state index in [0.717, 1.165) is 36.8 Å². The molecular formula is C31H41Cl2N3O5. The summed E-state index contributed by atoms with van der Waals surface area (Å²) in [6.07, 6.45) is 6.23. The molecule has 3 N–H and O–H groups in total. The van der Waals surface area contributed by atoms with E-state index in [2.05, 4.69) is 10.6 Å². The topological polar surface area (TPSA) is 108 Å². The smallest absolute Gasteiger partial charge is 0.408 e. The largest absolute Gasteiger partial charge is 0.445 e. The summed E-state index contributed by atoms with van der Waals surface area (Å²) in [5, 5.41) is 16.7. The molecule has 3 rings (SSSR count). The number of nitrogens with zero attached hydrogens (tertiary/aromatic N) is 1. The number of nitrogens with one attached hydrogen (secondary N) is 2. The molecule has 0 saturated heterocycles. The zero-order chi connectivity index (χ0) is 29.6. The number of rotatable bonds is 14. The Morgan fingerprint density at radius 2 is 1.80 bits per heavy atom. The molecule has 0 aromatic heterocycles. The predicted octanol–water partition coefficient (Wildman–Crippen LogP) is 5.52. The van der Waals surface area contributed by atoms with Crippen LogP contribution in [0.4, 0.5) is 4.79 Å². The zero-order valence-corrected chi connectivity index (χ0v) is 25.1. The van der Waals surface area contributed by atoms with E-state index < -0.39 is 24.1 Å². The molecule has 3 amide bonds. The van der Waals surface area contributed by atoms with Crippen molar-refractivity contribution in [2.24, 2.45) is 5.92 Å². The van der Waals surface area contributed by atoms with Crippen molar-refractivity contribution >= 4 is 41.1 Å². The summed E-state index contributed by atoms with van der Waals surface area (Å²) in [4.78, 5) is 40.3. The average molecular weight is 607 g/mol. The van der Waals surface area contributed by atoms with E-state index in [1.807, 2.05) is 24.3 Å². The van der Waals surface area contributed by atoms with Gasteiger partial charge in [-0.2, -0.15) is 0 Å². The minimum absolute atomic E-state index is 0.0233. The molecule has 41 heavy (non-hydrogen) atoms. The fraction of sp³-hybridized carbons (Fsp3) is 0.516. The molecule has 2 aromatic carbocycles. The van der Waals surface area contributed by atoms with Gasteiger partial charge in [-0.25, -0.2) is 4.79 Å². The molecule has 10 heteroatoms. The highest BCUT2D eigenvalue weighted by atomic mass is 35.5. The highest BCUT2D eigenvalue weighted by Gasteiger charge is 2.28. The molecule has 2 aromatic rings. The molecule has 1 aliphatic rings. The molecule has 0 radical (unpaired) electrons. The summed E-state index contributed by atoms with van der Waals surface area (Å²) in [5.74, 6) is -0.172. The number of aliphatic hydroxyl groups excluding tert-OH is 1. The molecule has 0 unspecified atom stereocenters. The van der Waals surface area contributed by atoms with Gasteiger partial charge in [0.15, 0.2) is 0 Å². The Bertz CT molecular complexity index is 1140. The Morgan fingerprint density at radius 1 is 1.05 bits per heavy atom. The van der Waals surface area contributed by atoms with Crippen LogP contribution in [0.5, 0.6) is 0 Å². The van der Waals surface area contributed by atoms with Gasteiger partial charge in [-0.15, -0.1) is 0 Å². The summed E-state index contributed by atoms with van der Waals surface area (Å²) < 4.78 is 5.36. The van der Waals surface area contributed by atoms with Crippen molar-refractivity contribution in [3.8, 4) is 0 Å². The van der Waals surface area contributed by atoms with Gasteiger partial charge in [-0.1, -0.05) is 85.6 Å². The van der Waals surface area contributed by atoms with Crippen molar-refractivity contribution in [2.45, 2.75) is 76.5 Å². The molecule has 0 aliphatic heterocycles. The molecule has 0 heterocycles. The van der Waals surface area contributed by atoms with Crippen LogP contribution >= 0.6 is 23.2 Å². The number of alkyl carbamates (subject to hydrolysis) is 1. The van der Waals surface area contributed by atoms with E-state index in [9.17, 15) is 19.5 Å². The third-order valence-electron chi connectivity index (χ3n) is 7.53. The van der Waals surface area contributed by atoms with E-state index in [1.165, 1.54) is 6.42 Å². The summed E-state index contributed by atoms with van der Waals surface area (Å²) in [7, 11) is 1.73. The van der Waals surface area contributed by atoms with Gasteiger partial charge in [0.25, 0.3) is 0 Å². The lowest BCUT2D eigenvalue weighted by atomic mass is 9.84. The van der Waals surface area contributed by atoms with Crippen molar-refractivity contribution in [2.75, 3.05) is 20.2 Å². The first-order valence-corrected chi connectivity index (χ1v) is 15.1. The third kappa shape index (κ3) is 11.5. The van der Waals surface area contributed by atoms with Crippen LogP contribution in [0.1, 0.15) is 62.5 Å². The molecular weight excluding hydrogens is 565 g/mol. The summed E-state index contributed by atoms with van der Waals surface area (Å²) in [6, 6.07) is 13.1. The lowest BCUT2D eigenvalue weighted by Crippen LogP contribution is -2.51. The SMILES string of the molecule is CN(CCc1ccccc1Cl)C(=O)CC[C@@H](CO)NC(=O)[C@H](CC1CCCCC1)NC(=O)OCc1cccc(Cl)c1. The maximum absolute atomic E-state index is 13.3. The number of carbonyl (C=O) groups is 3. The highest BCUT2D eigenvalue weighted by Crippen LogP contribution is 2.27. The van der Waals surface area contributed by atoms with Gasteiger partial charge < -0.3 is 25.4 Å². The maximum atomic E-state index is 13.3. The van der Waals surface area contributed by atoms with Crippen molar-refractivity contribution in [3.63, 3.8) is 0 Å². The molecule has 1 aliphatic carbocycles. The zero-order valence-electron chi connectivity index (χ0n) is 23.6. The number of hydrogen-bond acceptors (Lipinski definition) is 5. The fourth-order valence-electron chi connectivity index (χ4n) is 5.06. The van der Waals surface area contributed by atoms with Crippen LogP contribution in [-0.4, -0.2) is 60.2 Å². The number of ether oxygens (including phenoxy) is 1. The van der Waals surface area contributed by atoms with Crippen LogP contribution in [0.3, 0.4) is 0 Å². The van der Waals surface area contributed by atoms with Crippen molar-refractivity contribution in [3.05, 3.63) is 69.7 Å². The molecule has 8 nitrogen and oxygen atoms in total. The van der Waals surface area contributed by atoms with Crippen molar-refractivity contribution < 1.29 is 24.2 Å². The highest BCUT2D eigenvalue weighted by molar-refractivity contribution is 6.31. The number of halogens is 2. The van der Waals surface area contributed by atoms with Crippen LogP contribution in [0.15, 0.2) is 48.5 Å². The Labute approximate surface area is 252 Å². The van der Waals surface area contributed by atoms with Crippen LogP contribution in [0, 0.1) is 5.92 Å². The van der Waals surface area contributed by atoms with Crippen LogP contribution in [0.25, 0.3) is 0 Å². The van der Waals surface area contributed by atoms with Gasteiger partial charge in [-0.05, 0) is 54.5 Å². The van der Waals surface area contributed by atoms with E-state index >= 15 is 0 Å². The molecule has 224 valence electrons. The number of hydrogen-bond donors (Lipinski definition) is 3. The molecule has 0 spiro atoms. The number of likely N-dealkylation sites (N-methyl/N-ethyl adjacent to an activating group) is 1. The van der Waals surface area contributed by atoms with E-state index in [-0.39, 0.29) is 32.0 Å². The molecule has 1 saturated carbocycles. The first-order valence-electron chi connectivity index (χ1n) is 14.3. The molecule has 1 fully saturated rings. The Hall–Kier alpha value is -2.81. The van der Waals surface area contributed by atoms with Crippen LogP contribution in [0.2, 0.25) is 10.0 Å². The quantitative estimate of drug-likeness (QED) is 0.263. The van der Waals surface area contributed by atoms with Gasteiger partial charge in [0, 0.05) is 30.1 Å². The minimum Gasteiger partial charge on any atom is -0.445 e. The second-order valence-corrected chi connectivity index (χ2v) is 11.6. The summed E-state index contributed by atoms with van der Waals surface area (Å²) in [6.45, 7) is 0.205. The van der Waals surface area contributed by atoms with Crippen LogP contribution < -0.4 is 10.6 Å². The second kappa shape index (κ2) is 17.2. The first-order chi connectivity index (χ1) is 19.7. The summed E-state index contributed by atoms with van der Waals surface area (Å²) in [5.41, 5.74) is 1.71. The normalized spacial score (nSPS) is 15.0. The van der Waals surface area contributed by atoms with Gasteiger partial charge in [-0.3, -0.25) is 9.59 Å². The Balaban J connectivity index is 1.51. The van der Waals surface area contributed by atoms with E-state index in [1.54, 1.807) is 36.2 Å².